The zero-order chi connectivity index (χ0) is 14.0. The van der Waals surface area contributed by atoms with Crippen molar-refractivity contribution < 1.29 is 14.0 Å². The second-order valence-electron chi connectivity index (χ2n) is 4.67. The molecule has 2 amide bonds. The van der Waals surface area contributed by atoms with Crippen LogP contribution in [0.1, 0.15) is 31.9 Å². The summed E-state index contributed by atoms with van der Waals surface area (Å²) in [5.41, 5.74) is 0.822. The van der Waals surface area contributed by atoms with Gasteiger partial charge in [0.15, 0.2) is 0 Å². The summed E-state index contributed by atoms with van der Waals surface area (Å²) >= 11 is 0. The van der Waals surface area contributed by atoms with Crippen LogP contribution in [-0.4, -0.2) is 29.3 Å². The molecule has 19 heavy (non-hydrogen) atoms. The Morgan fingerprint density at radius 3 is 2.58 bits per heavy atom. The number of nitrogens with one attached hydrogen (secondary N) is 1. The molecular formula is C14H17FN2O2. The van der Waals surface area contributed by atoms with Crippen molar-refractivity contribution >= 4 is 11.8 Å². The SMILES string of the molecule is CCC1C(=O)NCC(=O)N1C(C)c1ccc(F)cc1. The molecule has 0 aliphatic carbocycles. The number of rotatable bonds is 3. The minimum absolute atomic E-state index is 0.0286. The smallest absolute Gasteiger partial charge is 0.243 e. The van der Waals surface area contributed by atoms with Crippen molar-refractivity contribution in [2.75, 3.05) is 6.54 Å². The van der Waals surface area contributed by atoms with E-state index in [4.69, 9.17) is 0 Å². The highest BCUT2D eigenvalue weighted by molar-refractivity contribution is 5.95. The number of hydrogen-bond acceptors (Lipinski definition) is 2. The Morgan fingerprint density at radius 1 is 1.37 bits per heavy atom. The average molecular weight is 264 g/mol. The highest BCUT2D eigenvalue weighted by Crippen LogP contribution is 2.25. The fourth-order valence-corrected chi connectivity index (χ4v) is 2.44. The number of amides is 2. The quantitative estimate of drug-likeness (QED) is 0.902. The van der Waals surface area contributed by atoms with Crippen LogP contribution in [-0.2, 0) is 9.59 Å². The summed E-state index contributed by atoms with van der Waals surface area (Å²) in [6.07, 6.45) is 0.559. The third-order valence-corrected chi connectivity index (χ3v) is 3.50. The molecule has 1 aliphatic rings. The number of piperazine rings is 1. The van der Waals surface area contributed by atoms with E-state index >= 15 is 0 Å². The lowest BCUT2D eigenvalue weighted by molar-refractivity contribution is -0.148. The Hall–Kier alpha value is -1.91. The Morgan fingerprint density at radius 2 is 2.00 bits per heavy atom. The molecule has 1 fully saturated rings. The van der Waals surface area contributed by atoms with Gasteiger partial charge in [-0.25, -0.2) is 4.39 Å². The molecule has 2 atom stereocenters. The molecule has 2 unspecified atom stereocenters. The molecule has 0 aromatic heterocycles. The van der Waals surface area contributed by atoms with Crippen LogP contribution in [0.4, 0.5) is 4.39 Å². The van der Waals surface area contributed by atoms with Crippen LogP contribution in [0, 0.1) is 5.82 Å². The lowest BCUT2D eigenvalue weighted by atomic mass is 10.0. The average Bonchev–Trinajstić information content (AvgIpc) is 2.41. The predicted octanol–water partition coefficient (Wildman–Crippen LogP) is 1.62. The third kappa shape index (κ3) is 2.59. The van der Waals surface area contributed by atoms with Gasteiger partial charge in [0.05, 0.1) is 12.6 Å². The van der Waals surface area contributed by atoms with Crippen molar-refractivity contribution in [3.63, 3.8) is 0 Å². The molecule has 1 aromatic rings. The normalized spacial score (nSPS) is 21.2. The topological polar surface area (TPSA) is 49.4 Å². The molecule has 1 N–H and O–H groups in total. The Labute approximate surface area is 111 Å². The van der Waals surface area contributed by atoms with E-state index in [1.165, 1.54) is 12.1 Å². The van der Waals surface area contributed by atoms with Gasteiger partial charge in [-0.05, 0) is 31.0 Å². The van der Waals surface area contributed by atoms with E-state index in [0.717, 1.165) is 5.56 Å². The fraction of sp³-hybridized carbons (Fsp3) is 0.429. The van der Waals surface area contributed by atoms with Gasteiger partial charge in [-0.2, -0.15) is 0 Å². The number of halogens is 1. The number of hydrogen-bond donors (Lipinski definition) is 1. The lowest BCUT2D eigenvalue weighted by Crippen LogP contribution is -2.58. The number of carbonyl (C=O) groups excluding carboxylic acids is 2. The van der Waals surface area contributed by atoms with Crippen LogP contribution in [0.25, 0.3) is 0 Å². The summed E-state index contributed by atoms with van der Waals surface area (Å²) in [7, 11) is 0. The van der Waals surface area contributed by atoms with E-state index in [1.54, 1.807) is 17.0 Å². The second-order valence-corrected chi connectivity index (χ2v) is 4.67. The van der Waals surface area contributed by atoms with E-state index in [9.17, 15) is 14.0 Å². The van der Waals surface area contributed by atoms with Gasteiger partial charge in [-0.1, -0.05) is 19.1 Å². The molecule has 1 heterocycles. The van der Waals surface area contributed by atoms with Crippen LogP contribution >= 0.6 is 0 Å². The Kier molecular flexibility index (Phi) is 3.83. The summed E-state index contributed by atoms with van der Waals surface area (Å²) in [5, 5.41) is 2.59. The molecule has 1 aliphatic heterocycles. The first-order valence-corrected chi connectivity index (χ1v) is 6.39. The van der Waals surface area contributed by atoms with Gasteiger partial charge < -0.3 is 10.2 Å². The zero-order valence-electron chi connectivity index (χ0n) is 11.0. The maximum absolute atomic E-state index is 12.9. The second kappa shape index (κ2) is 5.38. The Balaban J connectivity index is 2.28. The summed E-state index contributed by atoms with van der Waals surface area (Å²) in [6.45, 7) is 3.75. The van der Waals surface area contributed by atoms with E-state index in [1.807, 2.05) is 13.8 Å². The van der Waals surface area contributed by atoms with Gasteiger partial charge in [0.1, 0.15) is 11.9 Å². The first-order chi connectivity index (χ1) is 9.04. The Bertz CT molecular complexity index is 487. The molecule has 1 saturated heterocycles. The van der Waals surface area contributed by atoms with E-state index in [0.29, 0.717) is 6.42 Å². The van der Waals surface area contributed by atoms with Gasteiger partial charge >= 0.3 is 0 Å². The van der Waals surface area contributed by atoms with Crippen molar-refractivity contribution in [1.82, 2.24) is 10.2 Å². The van der Waals surface area contributed by atoms with Gasteiger partial charge in [0.2, 0.25) is 11.8 Å². The number of benzene rings is 1. The first-order valence-electron chi connectivity index (χ1n) is 6.39. The van der Waals surface area contributed by atoms with Crippen LogP contribution < -0.4 is 5.32 Å². The van der Waals surface area contributed by atoms with Crippen molar-refractivity contribution in [1.29, 1.82) is 0 Å². The van der Waals surface area contributed by atoms with Gasteiger partial charge in [0.25, 0.3) is 0 Å². The molecule has 102 valence electrons. The lowest BCUT2D eigenvalue weighted by Gasteiger charge is -2.38. The molecule has 0 radical (unpaired) electrons. The molecule has 2 rings (SSSR count). The van der Waals surface area contributed by atoms with Crippen molar-refractivity contribution in [2.45, 2.75) is 32.4 Å². The highest BCUT2D eigenvalue weighted by Gasteiger charge is 2.36. The standard InChI is InChI=1S/C14H17FN2O2/c1-3-12-14(19)16-8-13(18)17(12)9(2)10-4-6-11(15)7-5-10/h4-7,9,12H,3,8H2,1-2H3,(H,16,19). The van der Waals surface area contributed by atoms with Crippen LogP contribution in [0.3, 0.4) is 0 Å². The van der Waals surface area contributed by atoms with E-state index in [-0.39, 0.29) is 30.2 Å². The van der Waals surface area contributed by atoms with Crippen LogP contribution in [0.5, 0.6) is 0 Å². The summed E-state index contributed by atoms with van der Waals surface area (Å²) < 4.78 is 12.9. The minimum atomic E-state index is -0.457. The van der Waals surface area contributed by atoms with Crippen LogP contribution in [0.2, 0.25) is 0 Å². The monoisotopic (exact) mass is 264 g/mol. The summed E-state index contributed by atoms with van der Waals surface area (Å²) in [5.74, 6) is -0.551. The van der Waals surface area contributed by atoms with Gasteiger partial charge in [-0.15, -0.1) is 0 Å². The first kappa shape index (κ1) is 13.5. The fourth-order valence-electron chi connectivity index (χ4n) is 2.44. The van der Waals surface area contributed by atoms with Crippen LogP contribution in [0.15, 0.2) is 24.3 Å². The predicted molar refractivity (Wildman–Crippen MR) is 68.7 cm³/mol. The summed E-state index contributed by atoms with van der Waals surface area (Å²) in [4.78, 5) is 25.4. The number of nitrogens with zero attached hydrogens (tertiary/aromatic N) is 1. The van der Waals surface area contributed by atoms with Crippen molar-refractivity contribution in [3.8, 4) is 0 Å². The largest absolute Gasteiger partial charge is 0.345 e. The molecule has 1 aromatic carbocycles. The van der Waals surface area contributed by atoms with Crippen molar-refractivity contribution in [3.05, 3.63) is 35.6 Å². The highest BCUT2D eigenvalue weighted by atomic mass is 19.1. The molecule has 4 nitrogen and oxygen atoms in total. The molecule has 0 saturated carbocycles. The zero-order valence-corrected chi connectivity index (χ0v) is 11.0. The van der Waals surface area contributed by atoms with Crippen molar-refractivity contribution in [2.24, 2.45) is 0 Å². The number of carbonyl (C=O) groups is 2. The molecule has 0 bridgehead atoms. The van der Waals surface area contributed by atoms with E-state index < -0.39 is 6.04 Å². The molecule has 0 spiro atoms. The maximum atomic E-state index is 12.9. The van der Waals surface area contributed by atoms with Gasteiger partial charge in [0, 0.05) is 0 Å². The minimum Gasteiger partial charge on any atom is -0.345 e. The van der Waals surface area contributed by atoms with E-state index in [2.05, 4.69) is 5.32 Å². The third-order valence-electron chi connectivity index (χ3n) is 3.50. The maximum Gasteiger partial charge on any atom is 0.243 e. The molecular weight excluding hydrogens is 247 g/mol. The summed E-state index contributed by atoms with van der Waals surface area (Å²) in [6, 6.07) is 5.31. The molecule has 5 heteroatoms. The van der Waals surface area contributed by atoms with Gasteiger partial charge in [-0.3, -0.25) is 9.59 Å².